The van der Waals surface area contributed by atoms with Crippen molar-refractivity contribution >= 4 is 23.5 Å². The summed E-state index contributed by atoms with van der Waals surface area (Å²) in [5, 5.41) is 0. The van der Waals surface area contributed by atoms with Crippen molar-refractivity contribution in [2.24, 2.45) is 0 Å². The molecule has 70 valence electrons. The van der Waals surface area contributed by atoms with Gasteiger partial charge in [-0.15, -0.1) is 23.5 Å². The average molecular weight is 202 g/mol. The third-order valence-corrected chi connectivity index (χ3v) is 6.06. The van der Waals surface area contributed by atoms with Crippen LogP contribution in [-0.4, -0.2) is 16.3 Å². The fraction of sp³-hybridized carbons (Fsp3) is 0.800. The molecule has 0 spiro atoms. The molecule has 1 saturated heterocycles. The van der Waals surface area contributed by atoms with Crippen molar-refractivity contribution in [1.82, 2.24) is 0 Å². The number of thioether (sulfide) groups is 2. The Labute approximate surface area is 84.6 Å². The lowest BCUT2D eigenvalue weighted by Gasteiger charge is -2.37. The van der Waals surface area contributed by atoms with Gasteiger partial charge in [-0.3, -0.25) is 0 Å². The highest BCUT2D eigenvalue weighted by Crippen LogP contribution is 2.48. The second kappa shape index (κ2) is 4.61. The summed E-state index contributed by atoms with van der Waals surface area (Å²) in [7, 11) is 0. The van der Waals surface area contributed by atoms with Gasteiger partial charge in [-0.05, 0) is 24.7 Å². The molecule has 0 amide bonds. The molecule has 1 aliphatic heterocycles. The Morgan fingerprint density at radius 3 is 2.42 bits per heavy atom. The maximum absolute atomic E-state index is 2.31. The van der Waals surface area contributed by atoms with E-state index in [1.165, 1.54) is 24.3 Å². The molecule has 0 aromatic carbocycles. The highest BCUT2D eigenvalue weighted by Gasteiger charge is 2.33. The molecule has 1 heterocycles. The first kappa shape index (κ1) is 10.5. The molecule has 1 aliphatic rings. The predicted octanol–water partition coefficient (Wildman–Crippen LogP) is 3.93. The van der Waals surface area contributed by atoms with E-state index < -0.39 is 0 Å². The number of hydrogen-bond donors (Lipinski definition) is 0. The van der Waals surface area contributed by atoms with Crippen molar-refractivity contribution in [2.75, 3.05) is 11.5 Å². The van der Waals surface area contributed by atoms with E-state index in [0.29, 0.717) is 4.75 Å². The molecule has 0 aromatic rings. The van der Waals surface area contributed by atoms with Gasteiger partial charge in [0.15, 0.2) is 0 Å². The van der Waals surface area contributed by atoms with E-state index in [0.717, 1.165) is 0 Å². The third kappa shape index (κ3) is 1.85. The average Bonchev–Trinajstić information content (AvgIpc) is 2.17. The zero-order chi connectivity index (χ0) is 9.03. The molecular formula is C10H18S2. The van der Waals surface area contributed by atoms with E-state index in [-0.39, 0.29) is 0 Å². The second-order valence-electron chi connectivity index (χ2n) is 3.05. The lowest BCUT2D eigenvalue weighted by molar-refractivity contribution is 0.648. The van der Waals surface area contributed by atoms with E-state index in [1.807, 2.05) is 0 Å². The molecule has 0 atom stereocenters. The molecule has 2 heteroatoms. The van der Waals surface area contributed by atoms with Gasteiger partial charge in [0.25, 0.3) is 0 Å². The van der Waals surface area contributed by atoms with Crippen LogP contribution in [0.25, 0.3) is 0 Å². The van der Waals surface area contributed by atoms with Gasteiger partial charge < -0.3 is 0 Å². The third-order valence-electron chi connectivity index (χ3n) is 2.57. The van der Waals surface area contributed by atoms with Crippen molar-refractivity contribution in [1.29, 1.82) is 0 Å². The van der Waals surface area contributed by atoms with Gasteiger partial charge in [-0.2, -0.15) is 0 Å². The van der Waals surface area contributed by atoms with Crippen LogP contribution >= 0.6 is 23.5 Å². The first-order valence-electron chi connectivity index (χ1n) is 4.72. The molecule has 0 aromatic heterocycles. The molecule has 0 saturated carbocycles. The summed E-state index contributed by atoms with van der Waals surface area (Å²) in [6.45, 7) is 6.80. The first-order chi connectivity index (χ1) is 5.79. The summed E-state index contributed by atoms with van der Waals surface area (Å²) >= 11 is 4.21. The van der Waals surface area contributed by atoms with E-state index in [1.54, 1.807) is 4.91 Å². The highest BCUT2D eigenvalue weighted by atomic mass is 32.2. The number of allylic oxidation sites excluding steroid dienone is 1. The van der Waals surface area contributed by atoms with Crippen molar-refractivity contribution in [2.45, 2.75) is 38.4 Å². The number of hydrogen-bond acceptors (Lipinski definition) is 2. The molecular weight excluding hydrogens is 184 g/mol. The van der Waals surface area contributed by atoms with Crippen LogP contribution in [0.5, 0.6) is 0 Å². The monoisotopic (exact) mass is 202 g/mol. The Morgan fingerprint density at radius 1 is 1.33 bits per heavy atom. The largest absolute Gasteiger partial charge is 0.149 e. The van der Waals surface area contributed by atoms with Gasteiger partial charge in [0.1, 0.15) is 0 Å². The van der Waals surface area contributed by atoms with E-state index in [2.05, 4.69) is 50.4 Å². The normalized spacial score (nSPS) is 26.1. The van der Waals surface area contributed by atoms with Crippen LogP contribution in [0.4, 0.5) is 0 Å². The minimum absolute atomic E-state index is 0.470. The van der Waals surface area contributed by atoms with Crippen molar-refractivity contribution in [3.05, 3.63) is 11.0 Å². The highest BCUT2D eigenvalue weighted by molar-refractivity contribution is 8.09. The Balaban J connectivity index is 2.81. The van der Waals surface area contributed by atoms with Crippen molar-refractivity contribution in [3.8, 4) is 0 Å². The Bertz CT molecular complexity index is 169. The second-order valence-corrected chi connectivity index (χ2v) is 5.67. The van der Waals surface area contributed by atoms with Crippen LogP contribution in [0.2, 0.25) is 0 Å². The summed E-state index contributed by atoms with van der Waals surface area (Å²) in [5.41, 5.74) is 0. The molecule has 1 fully saturated rings. The van der Waals surface area contributed by atoms with Gasteiger partial charge in [0.2, 0.25) is 0 Å². The zero-order valence-electron chi connectivity index (χ0n) is 8.22. The molecule has 1 rings (SSSR count). The minimum atomic E-state index is 0.470. The van der Waals surface area contributed by atoms with E-state index >= 15 is 0 Å². The molecule has 0 radical (unpaired) electrons. The fourth-order valence-electron chi connectivity index (χ4n) is 1.74. The summed E-state index contributed by atoms with van der Waals surface area (Å²) in [6.07, 6.45) is 4.87. The molecule has 0 bridgehead atoms. The van der Waals surface area contributed by atoms with Crippen LogP contribution in [0, 0.1) is 0 Å². The summed E-state index contributed by atoms with van der Waals surface area (Å²) < 4.78 is 0.470. The van der Waals surface area contributed by atoms with Crippen LogP contribution in [0.15, 0.2) is 11.0 Å². The van der Waals surface area contributed by atoms with Crippen molar-refractivity contribution < 1.29 is 0 Å². The van der Waals surface area contributed by atoms with Crippen LogP contribution in [0.3, 0.4) is 0 Å². The molecule has 0 N–H and O–H groups in total. The quantitative estimate of drug-likeness (QED) is 0.665. The van der Waals surface area contributed by atoms with Gasteiger partial charge >= 0.3 is 0 Å². The standard InChI is InChI=1S/C10H18S2/c1-4-9-10(5-2,6-3)12-8-7-11-9/h4H,5-8H2,1-3H3/b9-4-. The topological polar surface area (TPSA) is 0 Å². The lowest BCUT2D eigenvalue weighted by atomic mass is 10.0. The molecule has 0 nitrogen and oxygen atoms in total. The Hall–Kier alpha value is 0.440. The van der Waals surface area contributed by atoms with Gasteiger partial charge in [-0.25, -0.2) is 0 Å². The first-order valence-corrected chi connectivity index (χ1v) is 6.69. The lowest BCUT2D eigenvalue weighted by Crippen LogP contribution is -2.28. The maximum atomic E-state index is 2.31. The van der Waals surface area contributed by atoms with Crippen molar-refractivity contribution in [3.63, 3.8) is 0 Å². The van der Waals surface area contributed by atoms with Crippen LogP contribution in [0.1, 0.15) is 33.6 Å². The smallest absolute Gasteiger partial charge is 0.0459 e. The maximum Gasteiger partial charge on any atom is 0.0459 e. The Kier molecular flexibility index (Phi) is 4.04. The predicted molar refractivity (Wildman–Crippen MR) is 62.0 cm³/mol. The summed E-state index contributed by atoms with van der Waals surface area (Å²) in [6, 6.07) is 0. The molecule has 12 heavy (non-hydrogen) atoms. The zero-order valence-corrected chi connectivity index (χ0v) is 9.86. The molecule has 0 aliphatic carbocycles. The van der Waals surface area contributed by atoms with Gasteiger partial charge in [0, 0.05) is 16.3 Å². The Morgan fingerprint density at radius 2 is 2.00 bits per heavy atom. The molecule has 0 unspecified atom stereocenters. The van der Waals surface area contributed by atoms with E-state index in [4.69, 9.17) is 0 Å². The van der Waals surface area contributed by atoms with Gasteiger partial charge in [-0.1, -0.05) is 19.9 Å². The summed E-state index contributed by atoms with van der Waals surface area (Å²) in [5.74, 6) is 2.62. The van der Waals surface area contributed by atoms with Gasteiger partial charge in [0.05, 0.1) is 0 Å². The minimum Gasteiger partial charge on any atom is -0.149 e. The van der Waals surface area contributed by atoms with E-state index in [9.17, 15) is 0 Å². The summed E-state index contributed by atoms with van der Waals surface area (Å²) in [4.78, 5) is 1.61. The van der Waals surface area contributed by atoms with Crippen LogP contribution in [-0.2, 0) is 0 Å². The van der Waals surface area contributed by atoms with Crippen LogP contribution < -0.4 is 0 Å². The fourth-order valence-corrected chi connectivity index (χ4v) is 4.76. The SMILES string of the molecule is C/C=C1\SCCSC1(CC)CC. The number of rotatable bonds is 2.